The predicted octanol–water partition coefficient (Wildman–Crippen LogP) is 4.49. The van der Waals surface area contributed by atoms with Crippen molar-refractivity contribution in [2.45, 2.75) is 32.7 Å². The summed E-state index contributed by atoms with van der Waals surface area (Å²) < 4.78 is 13.2. The number of anilines is 1. The van der Waals surface area contributed by atoms with Crippen LogP contribution in [-0.4, -0.2) is 5.11 Å². The van der Waals surface area contributed by atoms with Gasteiger partial charge in [-0.15, -0.1) is 0 Å². The average Bonchev–Trinajstić information content (AvgIpc) is 2.48. The summed E-state index contributed by atoms with van der Waals surface area (Å²) in [6, 6.07) is 12.8. The predicted molar refractivity (Wildman–Crippen MR) is 80.4 cm³/mol. The zero-order valence-electron chi connectivity index (χ0n) is 11.7. The number of aryl methyl sites for hydroxylation is 1. The molecule has 0 heterocycles. The van der Waals surface area contributed by atoms with E-state index in [2.05, 4.69) is 24.4 Å². The second-order valence-electron chi connectivity index (χ2n) is 4.90. The fourth-order valence-corrected chi connectivity index (χ4v) is 2.07. The van der Waals surface area contributed by atoms with Gasteiger partial charge in [0.25, 0.3) is 0 Å². The molecule has 0 atom stereocenters. The normalized spacial score (nSPS) is 10.5. The molecule has 0 unspecified atom stereocenters. The van der Waals surface area contributed by atoms with Crippen LogP contribution in [0.5, 0.6) is 5.75 Å². The molecule has 0 aromatic heterocycles. The quantitative estimate of drug-likeness (QED) is 0.813. The van der Waals surface area contributed by atoms with Crippen LogP contribution < -0.4 is 5.32 Å². The molecule has 0 amide bonds. The van der Waals surface area contributed by atoms with Gasteiger partial charge in [-0.2, -0.15) is 0 Å². The Morgan fingerprint density at radius 3 is 2.55 bits per heavy atom. The molecule has 0 aliphatic carbocycles. The number of benzene rings is 2. The summed E-state index contributed by atoms with van der Waals surface area (Å²) in [7, 11) is 0. The Kier molecular flexibility index (Phi) is 4.99. The lowest BCUT2D eigenvalue weighted by Crippen LogP contribution is -2.00. The van der Waals surface area contributed by atoms with E-state index in [0.29, 0.717) is 12.1 Å². The zero-order valence-corrected chi connectivity index (χ0v) is 11.7. The van der Waals surface area contributed by atoms with Gasteiger partial charge in [-0.3, -0.25) is 0 Å². The molecular weight excluding hydrogens is 253 g/mol. The van der Waals surface area contributed by atoms with Gasteiger partial charge in [-0.1, -0.05) is 37.6 Å². The fraction of sp³-hybridized carbons (Fsp3) is 0.294. The van der Waals surface area contributed by atoms with Crippen LogP contribution in [0, 0.1) is 5.82 Å². The number of halogens is 1. The first-order valence-corrected chi connectivity index (χ1v) is 7.00. The summed E-state index contributed by atoms with van der Waals surface area (Å²) in [4.78, 5) is 0. The minimum absolute atomic E-state index is 0.278. The smallest absolute Gasteiger partial charge is 0.165 e. The highest BCUT2D eigenvalue weighted by atomic mass is 19.1. The van der Waals surface area contributed by atoms with Crippen molar-refractivity contribution in [3.8, 4) is 5.75 Å². The Bertz CT molecular complexity index is 551. The van der Waals surface area contributed by atoms with Gasteiger partial charge < -0.3 is 10.4 Å². The van der Waals surface area contributed by atoms with Gasteiger partial charge in [0.05, 0.1) is 0 Å². The van der Waals surface area contributed by atoms with Crippen molar-refractivity contribution in [2.24, 2.45) is 0 Å². The van der Waals surface area contributed by atoms with Crippen LogP contribution in [0.3, 0.4) is 0 Å². The Balaban J connectivity index is 1.95. The second kappa shape index (κ2) is 6.94. The highest BCUT2D eigenvalue weighted by Gasteiger charge is 2.05. The Morgan fingerprint density at radius 1 is 1.10 bits per heavy atom. The number of nitrogens with one attached hydrogen (secondary N) is 1. The van der Waals surface area contributed by atoms with Crippen LogP contribution in [0.2, 0.25) is 0 Å². The number of aromatic hydroxyl groups is 1. The third-order valence-electron chi connectivity index (χ3n) is 3.33. The number of hydrogen-bond acceptors (Lipinski definition) is 2. The van der Waals surface area contributed by atoms with E-state index >= 15 is 0 Å². The molecule has 0 spiro atoms. The van der Waals surface area contributed by atoms with Crippen molar-refractivity contribution >= 4 is 5.69 Å². The van der Waals surface area contributed by atoms with E-state index in [0.717, 1.165) is 12.1 Å². The topological polar surface area (TPSA) is 32.3 Å². The SMILES string of the molecule is CCCCc1ccc(NCc2cccc(F)c2O)cc1. The molecular formula is C17H20FNO. The summed E-state index contributed by atoms with van der Waals surface area (Å²) in [6.45, 7) is 2.58. The molecule has 2 nitrogen and oxygen atoms in total. The van der Waals surface area contributed by atoms with Crippen molar-refractivity contribution < 1.29 is 9.50 Å². The Hall–Kier alpha value is -2.03. The molecule has 0 fully saturated rings. The Labute approximate surface area is 119 Å². The molecule has 106 valence electrons. The van der Waals surface area contributed by atoms with Gasteiger partial charge in [0.2, 0.25) is 0 Å². The lowest BCUT2D eigenvalue weighted by atomic mass is 10.1. The summed E-state index contributed by atoms with van der Waals surface area (Å²) >= 11 is 0. The lowest BCUT2D eigenvalue weighted by molar-refractivity contribution is 0.427. The molecule has 2 aromatic carbocycles. The monoisotopic (exact) mass is 273 g/mol. The first-order chi connectivity index (χ1) is 9.70. The molecule has 0 aliphatic heterocycles. The molecule has 20 heavy (non-hydrogen) atoms. The maximum atomic E-state index is 13.2. The minimum atomic E-state index is -0.584. The summed E-state index contributed by atoms with van der Waals surface area (Å²) in [5.41, 5.74) is 2.85. The van der Waals surface area contributed by atoms with E-state index < -0.39 is 5.82 Å². The number of unbranched alkanes of at least 4 members (excludes halogenated alkanes) is 1. The fourth-order valence-electron chi connectivity index (χ4n) is 2.07. The summed E-state index contributed by atoms with van der Waals surface area (Å²) in [5, 5.41) is 12.8. The van der Waals surface area contributed by atoms with Crippen molar-refractivity contribution in [3.05, 3.63) is 59.4 Å². The van der Waals surface area contributed by atoms with E-state index in [1.807, 2.05) is 12.1 Å². The van der Waals surface area contributed by atoms with E-state index in [1.54, 1.807) is 12.1 Å². The van der Waals surface area contributed by atoms with Crippen LogP contribution in [0.4, 0.5) is 10.1 Å². The molecule has 2 aromatic rings. The van der Waals surface area contributed by atoms with Crippen LogP contribution in [0.1, 0.15) is 30.9 Å². The highest BCUT2D eigenvalue weighted by Crippen LogP contribution is 2.22. The number of para-hydroxylation sites is 1. The molecule has 0 bridgehead atoms. The first-order valence-electron chi connectivity index (χ1n) is 7.00. The first kappa shape index (κ1) is 14.4. The third kappa shape index (κ3) is 3.73. The van der Waals surface area contributed by atoms with Gasteiger partial charge in [0, 0.05) is 17.8 Å². The standard InChI is InChI=1S/C17H20FNO/c1-2-3-5-13-8-10-15(11-9-13)19-12-14-6-4-7-16(18)17(14)20/h4,6-11,19-20H,2-3,5,12H2,1H3. The van der Waals surface area contributed by atoms with Gasteiger partial charge in [-0.05, 0) is 36.6 Å². The summed E-state index contributed by atoms with van der Waals surface area (Å²) in [6.07, 6.45) is 3.49. The second-order valence-corrected chi connectivity index (χ2v) is 4.90. The van der Waals surface area contributed by atoms with Crippen LogP contribution in [-0.2, 0) is 13.0 Å². The van der Waals surface area contributed by atoms with Crippen molar-refractivity contribution in [1.29, 1.82) is 0 Å². The molecule has 0 saturated carbocycles. The third-order valence-corrected chi connectivity index (χ3v) is 3.33. The molecule has 3 heteroatoms. The molecule has 0 aliphatic rings. The summed E-state index contributed by atoms with van der Waals surface area (Å²) in [5.74, 6) is -0.862. The number of phenols is 1. The van der Waals surface area contributed by atoms with Crippen molar-refractivity contribution in [3.63, 3.8) is 0 Å². The molecule has 2 N–H and O–H groups in total. The largest absolute Gasteiger partial charge is 0.505 e. The molecule has 0 saturated heterocycles. The molecule has 0 radical (unpaired) electrons. The van der Waals surface area contributed by atoms with Crippen LogP contribution in [0.15, 0.2) is 42.5 Å². The van der Waals surface area contributed by atoms with E-state index in [-0.39, 0.29) is 5.75 Å². The van der Waals surface area contributed by atoms with Crippen molar-refractivity contribution in [1.82, 2.24) is 0 Å². The number of hydrogen-bond donors (Lipinski definition) is 2. The average molecular weight is 273 g/mol. The van der Waals surface area contributed by atoms with Crippen molar-refractivity contribution in [2.75, 3.05) is 5.32 Å². The van der Waals surface area contributed by atoms with Gasteiger partial charge in [-0.25, -0.2) is 4.39 Å². The molecule has 2 rings (SSSR count). The van der Waals surface area contributed by atoms with Gasteiger partial charge in [0.1, 0.15) is 0 Å². The maximum absolute atomic E-state index is 13.2. The maximum Gasteiger partial charge on any atom is 0.165 e. The zero-order chi connectivity index (χ0) is 14.4. The lowest BCUT2D eigenvalue weighted by Gasteiger charge is -2.09. The van der Waals surface area contributed by atoms with Gasteiger partial charge >= 0.3 is 0 Å². The van der Waals surface area contributed by atoms with E-state index in [4.69, 9.17) is 0 Å². The van der Waals surface area contributed by atoms with E-state index in [1.165, 1.54) is 24.5 Å². The van der Waals surface area contributed by atoms with Crippen LogP contribution >= 0.6 is 0 Å². The van der Waals surface area contributed by atoms with Gasteiger partial charge in [0.15, 0.2) is 11.6 Å². The van der Waals surface area contributed by atoms with Crippen LogP contribution in [0.25, 0.3) is 0 Å². The number of rotatable bonds is 6. The number of phenolic OH excluding ortho intramolecular Hbond substituents is 1. The Morgan fingerprint density at radius 2 is 1.85 bits per heavy atom. The highest BCUT2D eigenvalue weighted by molar-refractivity contribution is 5.46. The van der Waals surface area contributed by atoms with E-state index in [9.17, 15) is 9.50 Å². The minimum Gasteiger partial charge on any atom is -0.505 e.